The Morgan fingerprint density at radius 1 is 1.15 bits per heavy atom. The van der Waals surface area contributed by atoms with E-state index in [0.29, 0.717) is 31.1 Å². The average molecular weight is 462 g/mol. The molecule has 0 unspecified atom stereocenters. The van der Waals surface area contributed by atoms with Crippen LogP contribution in [0.1, 0.15) is 54.4 Å². The van der Waals surface area contributed by atoms with E-state index in [1.807, 2.05) is 41.5 Å². The van der Waals surface area contributed by atoms with Crippen molar-refractivity contribution in [2.45, 2.75) is 71.6 Å². The number of rotatable bonds is 2. The molecule has 27 heavy (non-hydrogen) atoms. The number of likely N-dealkylation sites (tertiary alicyclic amines) is 1. The van der Waals surface area contributed by atoms with Crippen molar-refractivity contribution in [1.82, 2.24) is 9.88 Å². The van der Waals surface area contributed by atoms with E-state index in [-0.39, 0.29) is 12.1 Å². The van der Waals surface area contributed by atoms with Crippen molar-refractivity contribution in [2.75, 3.05) is 18.0 Å². The highest BCUT2D eigenvalue weighted by atomic mass is 79.9. The number of carbonyl (C=O) groups is 2. The second-order valence-electron chi connectivity index (χ2n) is 8.50. The van der Waals surface area contributed by atoms with Crippen molar-refractivity contribution < 1.29 is 19.1 Å². The maximum absolute atomic E-state index is 12.8. The zero-order valence-corrected chi connectivity index (χ0v) is 19.1. The SMILES string of the molecule is CC(C)(C)OC(=O)N1CCC(N(C(=O)OC(C)(C)C)c2ncc(Br)s2)CC1. The largest absolute Gasteiger partial charge is 0.444 e. The molecule has 1 aromatic rings. The molecule has 1 aliphatic rings. The molecule has 2 amide bonds. The van der Waals surface area contributed by atoms with E-state index in [4.69, 9.17) is 9.47 Å². The van der Waals surface area contributed by atoms with E-state index in [0.717, 1.165) is 3.79 Å². The second kappa shape index (κ2) is 8.34. The van der Waals surface area contributed by atoms with Crippen LogP contribution in [0.3, 0.4) is 0 Å². The van der Waals surface area contributed by atoms with Gasteiger partial charge in [-0.3, -0.25) is 0 Å². The van der Waals surface area contributed by atoms with E-state index < -0.39 is 17.3 Å². The summed E-state index contributed by atoms with van der Waals surface area (Å²) in [5, 5.41) is 0.590. The summed E-state index contributed by atoms with van der Waals surface area (Å²) in [6.07, 6.45) is 2.21. The zero-order valence-electron chi connectivity index (χ0n) is 16.7. The van der Waals surface area contributed by atoms with Crippen LogP contribution in [-0.2, 0) is 9.47 Å². The highest BCUT2D eigenvalue weighted by molar-refractivity contribution is 9.11. The van der Waals surface area contributed by atoms with Crippen LogP contribution in [0, 0.1) is 0 Å². The molecular weight excluding hydrogens is 434 g/mol. The molecule has 7 nitrogen and oxygen atoms in total. The first-order chi connectivity index (χ1) is 12.4. The summed E-state index contributed by atoms with van der Waals surface area (Å²) >= 11 is 4.78. The minimum Gasteiger partial charge on any atom is -0.444 e. The summed E-state index contributed by atoms with van der Waals surface area (Å²) in [7, 11) is 0. The van der Waals surface area contributed by atoms with Crippen molar-refractivity contribution in [1.29, 1.82) is 0 Å². The van der Waals surface area contributed by atoms with Gasteiger partial charge in [-0.15, -0.1) is 0 Å². The lowest BCUT2D eigenvalue weighted by Crippen LogP contribution is -2.51. The van der Waals surface area contributed by atoms with E-state index in [1.54, 1.807) is 16.0 Å². The Morgan fingerprint density at radius 3 is 2.15 bits per heavy atom. The Morgan fingerprint density at radius 2 is 1.70 bits per heavy atom. The van der Waals surface area contributed by atoms with Gasteiger partial charge in [0.1, 0.15) is 11.2 Å². The van der Waals surface area contributed by atoms with Gasteiger partial charge in [-0.25, -0.2) is 19.5 Å². The second-order valence-corrected chi connectivity index (χ2v) is 10.9. The molecule has 2 heterocycles. The molecule has 9 heteroatoms. The first-order valence-electron chi connectivity index (χ1n) is 8.97. The van der Waals surface area contributed by atoms with Crippen LogP contribution in [0.25, 0.3) is 0 Å². The van der Waals surface area contributed by atoms with E-state index >= 15 is 0 Å². The van der Waals surface area contributed by atoms with Gasteiger partial charge >= 0.3 is 12.2 Å². The molecule has 1 saturated heterocycles. The van der Waals surface area contributed by atoms with Crippen LogP contribution in [0.4, 0.5) is 14.7 Å². The van der Waals surface area contributed by atoms with Crippen molar-refractivity contribution >= 4 is 44.6 Å². The lowest BCUT2D eigenvalue weighted by atomic mass is 10.0. The molecule has 0 bridgehead atoms. The minimum absolute atomic E-state index is 0.0865. The number of piperidine rings is 1. The third-order valence-corrected chi connectivity index (χ3v) is 5.22. The molecule has 0 saturated carbocycles. The summed E-state index contributed by atoms with van der Waals surface area (Å²) in [4.78, 5) is 32.7. The summed E-state index contributed by atoms with van der Waals surface area (Å²) in [5.41, 5.74) is -1.12. The van der Waals surface area contributed by atoms with Gasteiger partial charge < -0.3 is 14.4 Å². The number of anilines is 1. The predicted octanol–water partition coefficient (Wildman–Crippen LogP) is 5.05. The molecule has 0 aromatic carbocycles. The van der Waals surface area contributed by atoms with Crippen molar-refractivity contribution in [3.8, 4) is 0 Å². The fourth-order valence-corrected chi connectivity index (χ4v) is 3.93. The Bertz CT molecular complexity index is 673. The Labute approximate surface area is 173 Å². The van der Waals surface area contributed by atoms with Crippen LogP contribution < -0.4 is 4.90 Å². The summed E-state index contributed by atoms with van der Waals surface area (Å²) in [6, 6.07) is -0.0865. The van der Waals surface area contributed by atoms with Crippen LogP contribution >= 0.6 is 27.3 Å². The lowest BCUT2D eigenvalue weighted by Gasteiger charge is -2.38. The topological polar surface area (TPSA) is 72.0 Å². The van der Waals surface area contributed by atoms with Crippen LogP contribution in [0.5, 0.6) is 0 Å². The van der Waals surface area contributed by atoms with Gasteiger partial charge in [0, 0.05) is 19.1 Å². The minimum atomic E-state index is -0.596. The highest BCUT2D eigenvalue weighted by Crippen LogP contribution is 2.32. The quantitative estimate of drug-likeness (QED) is 0.615. The van der Waals surface area contributed by atoms with E-state index in [9.17, 15) is 9.59 Å². The van der Waals surface area contributed by atoms with Crippen LogP contribution in [0.15, 0.2) is 9.98 Å². The van der Waals surface area contributed by atoms with Gasteiger partial charge in [-0.2, -0.15) is 0 Å². The highest BCUT2D eigenvalue weighted by Gasteiger charge is 2.35. The van der Waals surface area contributed by atoms with Gasteiger partial charge in [0.15, 0.2) is 5.13 Å². The van der Waals surface area contributed by atoms with Crippen LogP contribution in [0.2, 0.25) is 0 Å². The van der Waals surface area contributed by atoms with Crippen molar-refractivity contribution in [3.05, 3.63) is 9.98 Å². The number of ether oxygens (including phenoxy) is 2. The molecule has 1 aromatic heterocycles. The Kier molecular flexibility index (Phi) is 6.78. The molecule has 1 aliphatic heterocycles. The molecule has 0 atom stereocenters. The monoisotopic (exact) mass is 461 g/mol. The predicted molar refractivity (Wildman–Crippen MR) is 109 cm³/mol. The standard InChI is InChI=1S/C18H28BrN3O4S/c1-17(2,3)25-15(23)21-9-7-12(8-10-21)22(14-20-11-13(19)27-14)16(24)26-18(4,5)6/h11-12H,7-10H2,1-6H3. The maximum atomic E-state index is 12.8. The van der Waals surface area contributed by atoms with Crippen molar-refractivity contribution in [2.24, 2.45) is 0 Å². The van der Waals surface area contributed by atoms with Gasteiger partial charge in [-0.1, -0.05) is 11.3 Å². The third-order valence-electron chi connectivity index (χ3n) is 3.74. The average Bonchev–Trinajstić information content (AvgIpc) is 2.90. The lowest BCUT2D eigenvalue weighted by molar-refractivity contribution is 0.0200. The molecule has 0 radical (unpaired) electrons. The Balaban J connectivity index is 2.09. The normalized spacial score (nSPS) is 16.2. The maximum Gasteiger partial charge on any atom is 0.416 e. The summed E-state index contributed by atoms with van der Waals surface area (Å²) in [6.45, 7) is 12.1. The Hall–Kier alpha value is -1.35. The van der Waals surface area contributed by atoms with Gasteiger partial charge in [-0.05, 0) is 70.3 Å². The fourth-order valence-electron chi connectivity index (χ4n) is 2.68. The molecular formula is C18H28BrN3O4S. The number of hydrogen-bond donors (Lipinski definition) is 0. The van der Waals surface area contributed by atoms with E-state index in [2.05, 4.69) is 20.9 Å². The number of halogens is 1. The number of carbonyl (C=O) groups excluding carboxylic acids is 2. The van der Waals surface area contributed by atoms with Gasteiger partial charge in [0.25, 0.3) is 0 Å². The number of amides is 2. The number of hydrogen-bond acceptors (Lipinski definition) is 6. The smallest absolute Gasteiger partial charge is 0.416 e. The molecule has 152 valence electrons. The number of thiazole rings is 1. The molecule has 1 fully saturated rings. The number of nitrogens with zero attached hydrogens (tertiary/aromatic N) is 3. The van der Waals surface area contributed by atoms with Gasteiger partial charge in [0.2, 0.25) is 0 Å². The molecule has 2 rings (SSSR count). The molecule has 0 aliphatic carbocycles. The first-order valence-corrected chi connectivity index (χ1v) is 10.6. The van der Waals surface area contributed by atoms with Crippen molar-refractivity contribution in [3.63, 3.8) is 0 Å². The summed E-state index contributed by atoms with van der Waals surface area (Å²) < 4.78 is 11.9. The van der Waals surface area contributed by atoms with E-state index in [1.165, 1.54) is 11.3 Å². The number of aromatic nitrogens is 1. The zero-order chi connectivity index (χ0) is 20.4. The molecule has 0 N–H and O–H groups in total. The summed E-state index contributed by atoms with van der Waals surface area (Å²) in [5.74, 6) is 0. The molecule has 0 spiro atoms. The third kappa shape index (κ3) is 6.64. The van der Waals surface area contributed by atoms with Gasteiger partial charge in [0.05, 0.1) is 9.98 Å². The first kappa shape index (κ1) is 21.9. The van der Waals surface area contributed by atoms with Crippen LogP contribution in [-0.4, -0.2) is 52.4 Å². The fraction of sp³-hybridized carbons (Fsp3) is 0.722.